The summed E-state index contributed by atoms with van der Waals surface area (Å²) in [6.45, 7) is 2.37. The van der Waals surface area contributed by atoms with Crippen molar-refractivity contribution in [2.45, 2.75) is 45.4 Å². The first-order valence-corrected chi connectivity index (χ1v) is 4.35. The van der Waals surface area contributed by atoms with Gasteiger partial charge in [-0.1, -0.05) is 13.3 Å². The van der Waals surface area contributed by atoms with Gasteiger partial charge in [-0.15, -0.1) is 0 Å². The van der Waals surface area contributed by atoms with E-state index >= 15 is 0 Å². The lowest BCUT2D eigenvalue weighted by Crippen LogP contribution is -2.11. The third kappa shape index (κ3) is 0.720. The normalized spacial score (nSPS) is 48.3. The molecule has 0 aromatic rings. The van der Waals surface area contributed by atoms with Crippen molar-refractivity contribution in [3.63, 3.8) is 0 Å². The van der Waals surface area contributed by atoms with Crippen molar-refractivity contribution in [2.75, 3.05) is 0 Å². The smallest absolute Gasteiger partial charge is 0.0297 e. The Morgan fingerprint density at radius 1 is 1.33 bits per heavy atom. The highest BCUT2D eigenvalue weighted by Crippen LogP contribution is 2.55. The van der Waals surface area contributed by atoms with Crippen LogP contribution in [-0.4, -0.2) is 0 Å². The van der Waals surface area contributed by atoms with E-state index in [1.165, 1.54) is 6.42 Å². The highest BCUT2D eigenvalue weighted by molar-refractivity contribution is 4.94. The molecule has 0 aliphatic heterocycles. The summed E-state index contributed by atoms with van der Waals surface area (Å²) >= 11 is 0. The Kier molecular flexibility index (Phi) is 1.12. The second kappa shape index (κ2) is 1.74. The molecule has 0 saturated heterocycles. The third-order valence-electron chi connectivity index (χ3n) is 3.64. The van der Waals surface area contributed by atoms with Crippen LogP contribution < -0.4 is 0 Å². The van der Waals surface area contributed by atoms with Gasteiger partial charge in [0.1, 0.15) is 0 Å². The number of hydrogen-bond acceptors (Lipinski definition) is 0. The molecule has 0 unspecified atom stereocenters. The molecule has 52 valence electrons. The van der Waals surface area contributed by atoms with Crippen molar-refractivity contribution in [3.8, 4) is 0 Å². The average molecular weight is 124 g/mol. The van der Waals surface area contributed by atoms with Gasteiger partial charge in [-0.05, 0) is 43.4 Å². The van der Waals surface area contributed by atoms with Gasteiger partial charge in [0.05, 0.1) is 0 Å². The highest BCUT2D eigenvalue weighted by atomic mass is 14.5. The molecule has 0 N–H and O–H groups in total. The standard InChI is InChI=1S/C9H16/c1-2-9-5-3-8(7-9)4-6-9/h8H,2-7H2,1H3. The summed E-state index contributed by atoms with van der Waals surface area (Å²) < 4.78 is 0. The topological polar surface area (TPSA) is 0 Å². The van der Waals surface area contributed by atoms with E-state index in [9.17, 15) is 0 Å². The van der Waals surface area contributed by atoms with Crippen molar-refractivity contribution in [3.05, 3.63) is 0 Å². The summed E-state index contributed by atoms with van der Waals surface area (Å²) in [5.41, 5.74) is 0.852. The fourth-order valence-electron chi connectivity index (χ4n) is 2.81. The zero-order valence-corrected chi connectivity index (χ0v) is 6.32. The fourth-order valence-corrected chi connectivity index (χ4v) is 2.81. The van der Waals surface area contributed by atoms with Crippen LogP contribution in [0.25, 0.3) is 0 Å². The molecule has 2 aliphatic rings. The van der Waals surface area contributed by atoms with Crippen LogP contribution in [-0.2, 0) is 0 Å². The Morgan fingerprint density at radius 2 is 2.00 bits per heavy atom. The third-order valence-corrected chi connectivity index (χ3v) is 3.64. The minimum absolute atomic E-state index is 0.852. The Labute approximate surface area is 57.6 Å². The number of rotatable bonds is 1. The maximum atomic E-state index is 2.37. The van der Waals surface area contributed by atoms with Gasteiger partial charge in [-0.3, -0.25) is 0 Å². The molecule has 2 rings (SSSR count). The second-order valence-electron chi connectivity index (χ2n) is 4.00. The lowest BCUT2D eigenvalue weighted by atomic mass is 9.82. The summed E-state index contributed by atoms with van der Waals surface area (Å²) in [5.74, 6) is 1.14. The van der Waals surface area contributed by atoms with E-state index in [0.29, 0.717) is 0 Å². The Balaban J connectivity index is 2.13. The number of fused-ring (bicyclic) bond motifs is 2. The van der Waals surface area contributed by atoms with Crippen molar-refractivity contribution in [2.24, 2.45) is 11.3 Å². The highest BCUT2D eigenvalue weighted by Gasteiger charge is 2.42. The van der Waals surface area contributed by atoms with Gasteiger partial charge in [0.25, 0.3) is 0 Å². The van der Waals surface area contributed by atoms with Gasteiger partial charge in [0.2, 0.25) is 0 Å². The van der Waals surface area contributed by atoms with Gasteiger partial charge in [-0.2, -0.15) is 0 Å². The molecule has 0 aromatic carbocycles. The van der Waals surface area contributed by atoms with Crippen LogP contribution in [0, 0.1) is 11.3 Å². The predicted molar refractivity (Wildman–Crippen MR) is 39.3 cm³/mol. The first-order chi connectivity index (χ1) is 4.35. The van der Waals surface area contributed by atoms with Gasteiger partial charge in [0.15, 0.2) is 0 Å². The molecule has 0 spiro atoms. The summed E-state index contributed by atoms with van der Waals surface area (Å²) in [7, 11) is 0. The zero-order chi connectivity index (χ0) is 6.32. The minimum Gasteiger partial charge on any atom is -0.0649 e. The molecule has 0 nitrogen and oxygen atoms in total. The van der Waals surface area contributed by atoms with Crippen molar-refractivity contribution in [1.82, 2.24) is 0 Å². The van der Waals surface area contributed by atoms with E-state index in [1.807, 2.05) is 0 Å². The zero-order valence-electron chi connectivity index (χ0n) is 6.32. The van der Waals surface area contributed by atoms with Gasteiger partial charge in [-0.25, -0.2) is 0 Å². The fraction of sp³-hybridized carbons (Fsp3) is 1.00. The molecule has 0 heteroatoms. The Hall–Kier alpha value is 0. The lowest BCUT2D eigenvalue weighted by Gasteiger charge is -2.23. The maximum absolute atomic E-state index is 2.37. The lowest BCUT2D eigenvalue weighted by molar-refractivity contribution is 0.283. The second-order valence-corrected chi connectivity index (χ2v) is 4.00. The maximum Gasteiger partial charge on any atom is -0.0297 e. The first kappa shape index (κ1) is 5.76. The molecule has 0 atom stereocenters. The molecule has 9 heavy (non-hydrogen) atoms. The van der Waals surface area contributed by atoms with Crippen LogP contribution in [0.5, 0.6) is 0 Å². The van der Waals surface area contributed by atoms with Gasteiger partial charge < -0.3 is 0 Å². The molecule has 0 amide bonds. The molecule has 0 heterocycles. The van der Waals surface area contributed by atoms with Crippen molar-refractivity contribution in [1.29, 1.82) is 0 Å². The van der Waals surface area contributed by atoms with Crippen LogP contribution in [0.3, 0.4) is 0 Å². The summed E-state index contributed by atoms with van der Waals surface area (Å²) in [6.07, 6.45) is 9.22. The molecular formula is C9H16. The van der Waals surface area contributed by atoms with Crippen LogP contribution in [0.4, 0.5) is 0 Å². The molecule has 0 aromatic heterocycles. The quantitative estimate of drug-likeness (QED) is 0.504. The average Bonchev–Trinajstić information content (AvgIpc) is 2.46. The van der Waals surface area contributed by atoms with E-state index in [1.54, 1.807) is 32.1 Å². The SMILES string of the molecule is CCC12CCC(CC1)C2. The van der Waals surface area contributed by atoms with Crippen molar-refractivity contribution < 1.29 is 0 Å². The van der Waals surface area contributed by atoms with E-state index in [0.717, 1.165) is 11.3 Å². The van der Waals surface area contributed by atoms with E-state index in [2.05, 4.69) is 6.92 Å². The summed E-state index contributed by atoms with van der Waals surface area (Å²) in [4.78, 5) is 0. The summed E-state index contributed by atoms with van der Waals surface area (Å²) in [5, 5.41) is 0. The minimum atomic E-state index is 0.852. The van der Waals surface area contributed by atoms with Crippen LogP contribution in [0.2, 0.25) is 0 Å². The molecule has 2 bridgehead atoms. The molecule has 2 fully saturated rings. The van der Waals surface area contributed by atoms with Gasteiger partial charge in [0, 0.05) is 0 Å². The predicted octanol–water partition coefficient (Wildman–Crippen LogP) is 2.98. The summed E-state index contributed by atoms with van der Waals surface area (Å²) in [6, 6.07) is 0. The Morgan fingerprint density at radius 3 is 2.22 bits per heavy atom. The Bertz CT molecular complexity index is 107. The van der Waals surface area contributed by atoms with E-state index in [4.69, 9.17) is 0 Å². The molecule has 0 radical (unpaired) electrons. The number of hydrogen-bond donors (Lipinski definition) is 0. The molecule has 2 saturated carbocycles. The molecule has 2 aliphatic carbocycles. The van der Waals surface area contributed by atoms with Crippen LogP contribution >= 0.6 is 0 Å². The largest absolute Gasteiger partial charge is 0.0649 e. The van der Waals surface area contributed by atoms with Gasteiger partial charge >= 0.3 is 0 Å². The molecular weight excluding hydrogens is 108 g/mol. The van der Waals surface area contributed by atoms with E-state index in [-0.39, 0.29) is 0 Å². The van der Waals surface area contributed by atoms with Crippen molar-refractivity contribution >= 4 is 0 Å². The van der Waals surface area contributed by atoms with E-state index < -0.39 is 0 Å². The van der Waals surface area contributed by atoms with Crippen LogP contribution in [0.15, 0.2) is 0 Å². The first-order valence-electron chi connectivity index (χ1n) is 4.35. The van der Waals surface area contributed by atoms with Crippen LogP contribution in [0.1, 0.15) is 45.4 Å². The monoisotopic (exact) mass is 124 g/mol.